The highest BCUT2D eigenvalue weighted by atomic mass is 16.7. The van der Waals surface area contributed by atoms with Gasteiger partial charge in [0.1, 0.15) is 0 Å². The Hall–Kier alpha value is -2.20. The summed E-state index contributed by atoms with van der Waals surface area (Å²) in [7, 11) is 1.12. The van der Waals surface area contributed by atoms with Gasteiger partial charge in [-0.25, -0.2) is 4.79 Å². The average Bonchev–Trinajstić information content (AvgIpc) is 2.50. The summed E-state index contributed by atoms with van der Waals surface area (Å²) in [6.45, 7) is 5.17. The van der Waals surface area contributed by atoms with Gasteiger partial charge >= 0.3 is 23.9 Å². The molecule has 0 aromatic heterocycles. The summed E-state index contributed by atoms with van der Waals surface area (Å²) < 4.78 is 30.8. The van der Waals surface area contributed by atoms with Crippen molar-refractivity contribution in [2.45, 2.75) is 58.4 Å². The number of carbonyl (C=O) groups excluding carboxylic acids is 4. The summed E-state index contributed by atoms with van der Waals surface area (Å²) >= 11 is 0. The highest BCUT2D eigenvalue weighted by Gasteiger charge is 2.55. The first kappa shape index (κ1) is 20.8. The Morgan fingerprint density at radius 1 is 0.840 bits per heavy atom. The Morgan fingerprint density at radius 3 is 1.76 bits per heavy atom. The first-order valence-corrected chi connectivity index (χ1v) is 7.57. The van der Waals surface area contributed by atoms with E-state index in [1.54, 1.807) is 6.92 Å². The van der Waals surface area contributed by atoms with Crippen LogP contribution in [0.2, 0.25) is 0 Å². The molecule has 1 rings (SSSR count). The van der Waals surface area contributed by atoms with Gasteiger partial charge in [0.15, 0.2) is 30.7 Å². The van der Waals surface area contributed by atoms with Gasteiger partial charge in [0.2, 0.25) is 0 Å². The van der Waals surface area contributed by atoms with Crippen LogP contribution in [-0.4, -0.2) is 68.3 Å². The van der Waals surface area contributed by atoms with Gasteiger partial charge in [-0.05, 0) is 6.92 Å². The first-order chi connectivity index (χ1) is 11.7. The maximum atomic E-state index is 12.0. The molecule has 0 spiro atoms. The van der Waals surface area contributed by atoms with Crippen molar-refractivity contribution in [3.8, 4) is 0 Å². The maximum absolute atomic E-state index is 12.0. The number of rotatable bonds is 6. The molecule has 142 valence electrons. The molecule has 1 saturated heterocycles. The van der Waals surface area contributed by atoms with E-state index in [0.717, 1.165) is 27.9 Å². The molecule has 0 radical (unpaired) electrons. The average molecular weight is 362 g/mol. The number of hydrogen-bond donors (Lipinski definition) is 0. The maximum Gasteiger partial charge on any atom is 0.339 e. The first-order valence-electron chi connectivity index (χ1n) is 7.57. The van der Waals surface area contributed by atoms with Crippen molar-refractivity contribution < 1.29 is 47.6 Å². The largest absolute Gasteiger partial charge is 0.467 e. The van der Waals surface area contributed by atoms with Crippen LogP contribution < -0.4 is 0 Å². The Labute approximate surface area is 144 Å². The van der Waals surface area contributed by atoms with Gasteiger partial charge in [0, 0.05) is 27.4 Å². The predicted octanol–water partition coefficient (Wildman–Crippen LogP) is -0.284. The molecule has 0 bridgehead atoms. The quantitative estimate of drug-likeness (QED) is 0.460. The van der Waals surface area contributed by atoms with Gasteiger partial charge in [-0.1, -0.05) is 0 Å². The lowest BCUT2D eigenvalue weighted by molar-refractivity contribution is -0.300. The molecule has 5 atom stereocenters. The van der Waals surface area contributed by atoms with E-state index in [2.05, 4.69) is 4.74 Å². The summed E-state index contributed by atoms with van der Waals surface area (Å²) in [4.78, 5) is 46.4. The van der Waals surface area contributed by atoms with E-state index < -0.39 is 54.6 Å². The number of hydrogen-bond acceptors (Lipinski definition) is 10. The summed E-state index contributed by atoms with van der Waals surface area (Å²) in [5.41, 5.74) is 0. The molecule has 1 aliphatic heterocycles. The summed E-state index contributed by atoms with van der Waals surface area (Å²) in [6.07, 6.45) is -6.60. The van der Waals surface area contributed by atoms with Crippen LogP contribution in [0.4, 0.5) is 0 Å². The van der Waals surface area contributed by atoms with Crippen LogP contribution >= 0.6 is 0 Å². The number of carbonyl (C=O) groups is 4. The topological polar surface area (TPSA) is 124 Å². The number of esters is 4. The molecular formula is C15H22O10. The minimum Gasteiger partial charge on any atom is -0.467 e. The Bertz CT molecular complexity index is 516. The second kappa shape index (κ2) is 9.33. The van der Waals surface area contributed by atoms with E-state index >= 15 is 0 Å². The van der Waals surface area contributed by atoms with Crippen LogP contribution in [-0.2, 0) is 47.6 Å². The molecule has 0 N–H and O–H groups in total. The SMILES string of the molecule is CCOC1OC(C(=O)OC)C(OC(C)=O)C(OC(C)=O)C1OC(C)=O. The molecule has 10 heteroatoms. The van der Waals surface area contributed by atoms with Crippen molar-refractivity contribution >= 4 is 23.9 Å². The normalized spacial score (nSPS) is 28.6. The third-order valence-electron chi connectivity index (χ3n) is 3.17. The van der Waals surface area contributed by atoms with E-state index in [1.807, 2.05) is 0 Å². The minimum absolute atomic E-state index is 0.154. The van der Waals surface area contributed by atoms with Crippen molar-refractivity contribution in [2.75, 3.05) is 13.7 Å². The molecule has 1 heterocycles. The van der Waals surface area contributed by atoms with Crippen LogP contribution in [0, 0.1) is 0 Å². The molecule has 1 aliphatic rings. The van der Waals surface area contributed by atoms with E-state index in [0.29, 0.717) is 0 Å². The van der Waals surface area contributed by atoms with Gasteiger partial charge in [-0.15, -0.1) is 0 Å². The fourth-order valence-corrected chi connectivity index (χ4v) is 2.38. The van der Waals surface area contributed by atoms with Gasteiger partial charge in [-0.3, -0.25) is 14.4 Å². The molecule has 0 saturated carbocycles. The molecule has 1 fully saturated rings. The molecule has 10 nitrogen and oxygen atoms in total. The van der Waals surface area contributed by atoms with Gasteiger partial charge < -0.3 is 28.4 Å². The van der Waals surface area contributed by atoms with Gasteiger partial charge in [-0.2, -0.15) is 0 Å². The van der Waals surface area contributed by atoms with Gasteiger partial charge in [0.05, 0.1) is 7.11 Å². The lowest BCUT2D eigenvalue weighted by atomic mass is 9.97. The van der Waals surface area contributed by atoms with Crippen molar-refractivity contribution in [1.82, 2.24) is 0 Å². The van der Waals surface area contributed by atoms with Crippen LogP contribution in [0.1, 0.15) is 27.7 Å². The smallest absolute Gasteiger partial charge is 0.339 e. The Morgan fingerprint density at radius 2 is 1.32 bits per heavy atom. The molecule has 0 aromatic carbocycles. The standard InChI is InChI=1S/C15H22O10/c1-6-21-15-13(24-9(4)18)11(23-8(3)17)10(22-7(2)16)12(25-15)14(19)20-5/h10-13,15H,6H2,1-5H3. The molecule has 5 unspecified atom stereocenters. The van der Waals surface area contributed by atoms with E-state index in [9.17, 15) is 19.2 Å². The Kier molecular flexibility index (Phi) is 7.78. The lowest BCUT2D eigenvalue weighted by Gasteiger charge is -2.43. The van der Waals surface area contributed by atoms with Crippen LogP contribution in [0.25, 0.3) is 0 Å². The second-order valence-electron chi connectivity index (χ2n) is 5.13. The predicted molar refractivity (Wildman–Crippen MR) is 79.0 cm³/mol. The second-order valence-corrected chi connectivity index (χ2v) is 5.13. The third-order valence-corrected chi connectivity index (χ3v) is 3.17. The van der Waals surface area contributed by atoms with Crippen molar-refractivity contribution in [2.24, 2.45) is 0 Å². The number of ether oxygens (including phenoxy) is 6. The minimum atomic E-state index is -1.43. The van der Waals surface area contributed by atoms with E-state index in [4.69, 9.17) is 23.7 Å². The molecule has 0 amide bonds. The zero-order valence-corrected chi connectivity index (χ0v) is 14.7. The van der Waals surface area contributed by atoms with Crippen molar-refractivity contribution in [3.63, 3.8) is 0 Å². The number of methoxy groups -OCH3 is 1. The summed E-state index contributed by atoms with van der Waals surface area (Å²) in [5, 5.41) is 0. The Balaban J connectivity index is 3.31. The summed E-state index contributed by atoms with van der Waals surface area (Å²) in [6, 6.07) is 0. The summed E-state index contributed by atoms with van der Waals surface area (Å²) in [5.74, 6) is -3.06. The molecule has 0 aliphatic carbocycles. The molecular weight excluding hydrogens is 340 g/mol. The van der Waals surface area contributed by atoms with Gasteiger partial charge in [0.25, 0.3) is 0 Å². The van der Waals surface area contributed by atoms with Crippen molar-refractivity contribution in [3.05, 3.63) is 0 Å². The zero-order chi connectivity index (χ0) is 19.1. The lowest BCUT2D eigenvalue weighted by Crippen LogP contribution is -2.63. The fourth-order valence-electron chi connectivity index (χ4n) is 2.38. The molecule has 25 heavy (non-hydrogen) atoms. The van der Waals surface area contributed by atoms with Crippen LogP contribution in [0.5, 0.6) is 0 Å². The van der Waals surface area contributed by atoms with Crippen molar-refractivity contribution in [1.29, 1.82) is 0 Å². The third kappa shape index (κ3) is 5.68. The highest BCUT2D eigenvalue weighted by Crippen LogP contribution is 2.30. The molecule has 0 aromatic rings. The zero-order valence-electron chi connectivity index (χ0n) is 14.7. The highest BCUT2D eigenvalue weighted by molar-refractivity contribution is 5.77. The van der Waals surface area contributed by atoms with E-state index in [-0.39, 0.29) is 6.61 Å². The van der Waals surface area contributed by atoms with Crippen LogP contribution in [0.3, 0.4) is 0 Å². The fraction of sp³-hybridized carbons (Fsp3) is 0.733. The monoisotopic (exact) mass is 362 g/mol. The van der Waals surface area contributed by atoms with Crippen LogP contribution in [0.15, 0.2) is 0 Å². The van der Waals surface area contributed by atoms with E-state index in [1.165, 1.54) is 0 Å².